The molecule has 6 heteroatoms. The molecule has 0 aromatic heterocycles. The first kappa shape index (κ1) is 20.5. The van der Waals surface area contributed by atoms with E-state index in [1.807, 2.05) is 30.3 Å². The zero-order valence-corrected chi connectivity index (χ0v) is 16.1. The van der Waals surface area contributed by atoms with Crippen LogP contribution in [0.2, 0.25) is 5.02 Å². The number of hydrogen-bond acceptors (Lipinski definition) is 3. The maximum absolute atomic E-state index is 11.8. The Morgan fingerprint density at radius 3 is 2.48 bits per heavy atom. The van der Waals surface area contributed by atoms with E-state index in [-0.39, 0.29) is 6.61 Å². The lowest BCUT2D eigenvalue weighted by molar-refractivity contribution is -0.128. The lowest BCUT2D eigenvalue weighted by Gasteiger charge is -2.11. The largest absolute Gasteiger partial charge is 0.484 e. The smallest absolute Gasteiger partial charge is 0.276 e. The molecule has 2 aromatic carbocycles. The van der Waals surface area contributed by atoms with E-state index in [2.05, 4.69) is 24.7 Å². The zero-order chi connectivity index (χ0) is 19.6. The first-order valence-corrected chi connectivity index (χ1v) is 9.11. The van der Waals surface area contributed by atoms with Crippen LogP contribution < -0.4 is 15.6 Å². The van der Waals surface area contributed by atoms with Gasteiger partial charge in [0.2, 0.25) is 0 Å². The minimum absolute atomic E-state index is 0.197. The van der Waals surface area contributed by atoms with Crippen LogP contribution in [0.5, 0.6) is 5.75 Å². The third-order valence-corrected chi connectivity index (χ3v) is 4.42. The minimum Gasteiger partial charge on any atom is -0.484 e. The van der Waals surface area contributed by atoms with Crippen molar-refractivity contribution in [3.63, 3.8) is 0 Å². The third kappa shape index (κ3) is 6.79. The van der Waals surface area contributed by atoms with Crippen molar-refractivity contribution in [2.75, 3.05) is 6.61 Å². The van der Waals surface area contributed by atoms with Gasteiger partial charge in [0.25, 0.3) is 11.8 Å². The molecule has 1 atom stereocenters. The second-order valence-corrected chi connectivity index (χ2v) is 6.47. The van der Waals surface area contributed by atoms with Crippen LogP contribution in [0.4, 0.5) is 0 Å². The minimum atomic E-state index is -0.471. The van der Waals surface area contributed by atoms with E-state index >= 15 is 0 Å². The number of ether oxygens (including phenoxy) is 1. The summed E-state index contributed by atoms with van der Waals surface area (Å²) < 4.78 is 5.41. The molecule has 2 aromatic rings. The average Bonchev–Trinajstić information content (AvgIpc) is 2.69. The van der Waals surface area contributed by atoms with E-state index in [0.29, 0.717) is 22.3 Å². The van der Waals surface area contributed by atoms with E-state index in [9.17, 15) is 9.59 Å². The molecular formula is C21H23ClN2O3. The highest BCUT2D eigenvalue weighted by atomic mass is 35.5. The molecular weight excluding hydrogens is 364 g/mol. The Labute approximate surface area is 164 Å². The van der Waals surface area contributed by atoms with Crippen LogP contribution in [-0.2, 0) is 9.59 Å². The second kappa shape index (κ2) is 10.4. The number of hydrogen-bond donors (Lipinski definition) is 2. The van der Waals surface area contributed by atoms with Gasteiger partial charge in [-0.25, -0.2) is 0 Å². The van der Waals surface area contributed by atoms with Gasteiger partial charge in [-0.3, -0.25) is 20.4 Å². The molecule has 1 unspecified atom stereocenters. The standard InChI is InChI=1S/C21H23ClN2O3/c1-3-15(2)16-8-11-18(12-9-16)27-14-21(26)24-23-20(25)13-10-17-6-4-5-7-19(17)22/h4-13,15H,3,14H2,1-2H3,(H,23,25)(H,24,26). The SMILES string of the molecule is CCC(C)c1ccc(OCC(=O)NNC(=O)C=Cc2ccccc2Cl)cc1. The van der Waals surface area contributed by atoms with Crippen molar-refractivity contribution < 1.29 is 14.3 Å². The molecule has 2 rings (SSSR count). The molecule has 0 fully saturated rings. The fourth-order valence-corrected chi connectivity index (χ4v) is 2.46. The molecule has 0 saturated heterocycles. The van der Waals surface area contributed by atoms with Crippen LogP contribution in [0, 0.1) is 0 Å². The van der Waals surface area contributed by atoms with Gasteiger partial charge in [-0.2, -0.15) is 0 Å². The van der Waals surface area contributed by atoms with Crippen molar-refractivity contribution in [2.45, 2.75) is 26.2 Å². The molecule has 0 heterocycles. The monoisotopic (exact) mass is 386 g/mol. The van der Waals surface area contributed by atoms with Crippen molar-refractivity contribution in [1.82, 2.24) is 10.9 Å². The van der Waals surface area contributed by atoms with E-state index in [0.717, 1.165) is 6.42 Å². The first-order chi connectivity index (χ1) is 13.0. The Hall–Kier alpha value is -2.79. The fraction of sp³-hybridized carbons (Fsp3) is 0.238. The summed E-state index contributed by atoms with van der Waals surface area (Å²) in [5, 5.41) is 0.540. The summed E-state index contributed by atoms with van der Waals surface area (Å²) >= 11 is 6.00. The summed E-state index contributed by atoms with van der Waals surface area (Å²) in [5.74, 6) is 0.153. The predicted octanol–water partition coefficient (Wildman–Crippen LogP) is 4.09. The van der Waals surface area contributed by atoms with Crippen LogP contribution in [0.15, 0.2) is 54.6 Å². The van der Waals surface area contributed by atoms with Gasteiger partial charge in [0.15, 0.2) is 6.61 Å². The number of carbonyl (C=O) groups excluding carboxylic acids is 2. The van der Waals surface area contributed by atoms with Gasteiger partial charge in [-0.1, -0.05) is 55.8 Å². The van der Waals surface area contributed by atoms with Gasteiger partial charge < -0.3 is 4.74 Å². The Bertz CT molecular complexity index is 803. The van der Waals surface area contributed by atoms with E-state index in [1.54, 1.807) is 24.3 Å². The van der Waals surface area contributed by atoms with Crippen molar-refractivity contribution in [3.8, 4) is 5.75 Å². The second-order valence-electron chi connectivity index (χ2n) is 6.06. The van der Waals surface area contributed by atoms with Crippen LogP contribution >= 0.6 is 11.6 Å². The van der Waals surface area contributed by atoms with Gasteiger partial charge >= 0.3 is 0 Å². The van der Waals surface area contributed by atoms with Crippen LogP contribution in [0.25, 0.3) is 6.08 Å². The highest BCUT2D eigenvalue weighted by molar-refractivity contribution is 6.32. The van der Waals surface area contributed by atoms with Gasteiger partial charge in [-0.15, -0.1) is 0 Å². The summed E-state index contributed by atoms with van der Waals surface area (Å²) in [6.45, 7) is 4.10. The Kier molecular flexibility index (Phi) is 7.89. The molecule has 0 bridgehead atoms. The fourth-order valence-electron chi connectivity index (χ4n) is 2.26. The predicted molar refractivity (Wildman–Crippen MR) is 107 cm³/mol. The highest BCUT2D eigenvalue weighted by Crippen LogP contribution is 2.21. The van der Waals surface area contributed by atoms with Crippen LogP contribution in [0.1, 0.15) is 37.3 Å². The number of hydrazine groups is 1. The maximum Gasteiger partial charge on any atom is 0.276 e. The van der Waals surface area contributed by atoms with Crippen molar-refractivity contribution in [1.29, 1.82) is 0 Å². The van der Waals surface area contributed by atoms with Crippen molar-refractivity contribution in [3.05, 3.63) is 70.8 Å². The topological polar surface area (TPSA) is 67.4 Å². The highest BCUT2D eigenvalue weighted by Gasteiger charge is 2.06. The van der Waals surface area contributed by atoms with E-state index < -0.39 is 11.8 Å². The number of benzene rings is 2. The summed E-state index contributed by atoms with van der Waals surface area (Å²) in [6, 6.07) is 14.8. The molecule has 2 amide bonds. The number of nitrogens with one attached hydrogen (secondary N) is 2. The summed E-state index contributed by atoms with van der Waals surface area (Å²) in [4.78, 5) is 23.5. The van der Waals surface area contributed by atoms with Crippen LogP contribution in [-0.4, -0.2) is 18.4 Å². The quantitative estimate of drug-likeness (QED) is 0.556. The lowest BCUT2D eigenvalue weighted by atomic mass is 9.99. The third-order valence-electron chi connectivity index (χ3n) is 4.08. The van der Waals surface area contributed by atoms with Crippen molar-refractivity contribution in [2.24, 2.45) is 0 Å². The van der Waals surface area contributed by atoms with Crippen LogP contribution in [0.3, 0.4) is 0 Å². The molecule has 0 saturated carbocycles. The Balaban J connectivity index is 1.74. The van der Waals surface area contributed by atoms with Gasteiger partial charge in [0.1, 0.15) is 5.75 Å². The normalized spacial score (nSPS) is 11.8. The van der Waals surface area contributed by atoms with Gasteiger partial charge in [0, 0.05) is 11.1 Å². The Morgan fingerprint density at radius 2 is 1.81 bits per heavy atom. The summed E-state index contributed by atoms with van der Waals surface area (Å²) in [7, 11) is 0. The van der Waals surface area contributed by atoms with Crippen molar-refractivity contribution >= 4 is 29.5 Å². The number of rotatable bonds is 7. The molecule has 27 heavy (non-hydrogen) atoms. The molecule has 2 N–H and O–H groups in total. The number of halogens is 1. The molecule has 0 aliphatic carbocycles. The summed E-state index contributed by atoms with van der Waals surface area (Å²) in [6.07, 6.45) is 3.92. The molecule has 0 aliphatic rings. The molecule has 0 spiro atoms. The number of amides is 2. The summed E-state index contributed by atoms with van der Waals surface area (Å²) in [5.41, 5.74) is 6.53. The molecule has 142 valence electrons. The molecule has 5 nitrogen and oxygen atoms in total. The van der Waals surface area contributed by atoms with Gasteiger partial charge in [0.05, 0.1) is 0 Å². The van der Waals surface area contributed by atoms with E-state index in [4.69, 9.17) is 16.3 Å². The zero-order valence-electron chi connectivity index (χ0n) is 15.4. The first-order valence-electron chi connectivity index (χ1n) is 8.73. The number of carbonyl (C=O) groups is 2. The average molecular weight is 387 g/mol. The Morgan fingerprint density at radius 1 is 1.11 bits per heavy atom. The maximum atomic E-state index is 11.8. The van der Waals surface area contributed by atoms with E-state index in [1.165, 1.54) is 11.6 Å². The molecule has 0 radical (unpaired) electrons. The molecule has 0 aliphatic heterocycles. The lowest BCUT2D eigenvalue weighted by Crippen LogP contribution is -2.43. The van der Waals surface area contributed by atoms with Gasteiger partial charge in [-0.05, 0) is 47.7 Å².